The lowest BCUT2D eigenvalue weighted by atomic mass is 10.1. The Morgan fingerprint density at radius 2 is 1.66 bits per heavy atom. The van der Waals surface area contributed by atoms with Crippen LogP contribution < -0.4 is 11.0 Å². The number of benzene rings is 3. The number of hydrogen-bond donors (Lipinski definition) is 2. The van der Waals surface area contributed by atoms with Gasteiger partial charge in [-0.1, -0.05) is 29.8 Å². The van der Waals surface area contributed by atoms with Crippen LogP contribution in [0.4, 0.5) is 22.0 Å². The van der Waals surface area contributed by atoms with Crippen LogP contribution in [0.5, 0.6) is 0 Å². The molecule has 0 bridgehead atoms. The van der Waals surface area contributed by atoms with Gasteiger partial charge >= 0.3 is 11.9 Å². The molecule has 0 spiro atoms. The van der Waals surface area contributed by atoms with Crippen molar-refractivity contribution >= 4 is 17.5 Å². The summed E-state index contributed by atoms with van der Waals surface area (Å²) in [6, 6.07) is 15.4. The number of rotatable bonds is 9. The van der Waals surface area contributed by atoms with Crippen LogP contribution in [0.3, 0.4) is 0 Å². The molecule has 0 radical (unpaired) electrons. The van der Waals surface area contributed by atoms with Crippen LogP contribution in [-0.2, 0) is 19.6 Å². The molecule has 16 heteroatoms. The molecule has 5 rings (SSSR count). The third kappa shape index (κ3) is 6.53. The minimum atomic E-state index is -4.98. The summed E-state index contributed by atoms with van der Waals surface area (Å²) in [5, 5.41) is 20.9. The fourth-order valence-electron chi connectivity index (χ4n) is 4.25. The van der Waals surface area contributed by atoms with E-state index in [1.807, 2.05) is 0 Å². The molecule has 1 atom stereocenters. The number of nitrogens with one attached hydrogen (secondary N) is 1. The van der Waals surface area contributed by atoms with E-state index >= 15 is 0 Å². The lowest BCUT2D eigenvalue weighted by molar-refractivity contribution is -0.207. The van der Waals surface area contributed by atoms with Crippen molar-refractivity contribution in [1.82, 2.24) is 34.4 Å². The molecule has 0 fully saturated rings. The molecule has 2 N–H and O–H groups in total. The average Bonchev–Trinajstić information content (AvgIpc) is 3.57. The molecule has 0 aliphatic carbocycles. The summed E-state index contributed by atoms with van der Waals surface area (Å²) in [4.78, 5) is 30.2. The molecule has 2 aromatic heterocycles. The van der Waals surface area contributed by atoms with E-state index in [9.17, 15) is 36.6 Å². The quantitative estimate of drug-likeness (QED) is 0.236. The molecule has 228 valence electrons. The molecule has 10 nitrogen and oxygen atoms in total. The third-order valence-electron chi connectivity index (χ3n) is 6.47. The lowest BCUT2D eigenvalue weighted by Gasteiger charge is -2.15. The highest BCUT2D eigenvalue weighted by Gasteiger charge is 2.39. The van der Waals surface area contributed by atoms with Gasteiger partial charge in [0.15, 0.2) is 17.8 Å². The normalized spacial score (nSPS) is 12.3. The van der Waals surface area contributed by atoms with Gasteiger partial charge in [0.05, 0.1) is 17.8 Å². The molecule has 5 aromatic rings. The average molecular weight is 634 g/mol. The SMILES string of the molecule is O=C(NCc1c(F)cccc1F)c1ccccc1-n1cnc(Cn2nc(-c3ccc(Cl)cc3)n(C[C@H](O)C(F)(F)F)c2=O)n1. The van der Waals surface area contributed by atoms with Gasteiger partial charge < -0.3 is 10.4 Å². The number of aromatic nitrogens is 6. The van der Waals surface area contributed by atoms with Gasteiger partial charge in [0.25, 0.3) is 5.91 Å². The van der Waals surface area contributed by atoms with Crippen LogP contribution in [-0.4, -0.2) is 52.4 Å². The molecular formula is C28H21ClF5N7O3. The zero-order valence-electron chi connectivity index (χ0n) is 22.3. The number of hydrogen-bond acceptors (Lipinski definition) is 6. The van der Waals surface area contributed by atoms with Crippen molar-refractivity contribution in [2.45, 2.75) is 31.9 Å². The molecule has 0 unspecified atom stereocenters. The second-order valence-electron chi connectivity index (χ2n) is 9.44. The number of aliphatic hydroxyl groups excluding tert-OH is 1. The largest absolute Gasteiger partial charge is 0.416 e. The van der Waals surface area contributed by atoms with E-state index in [2.05, 4.69) is 20.5 Å². The summed E-state index contributed by atoms with van der Waals surface area (Å²) < 4.78 is 70.2. The van der Waals surface area contributed by atoms with Gasteiger partial charge in [0.2, 0.25) is 0 Å². The summed E-state index contributed by atoms with van der Waals surface area (Å²) in [5.41, 5.74) is -0.672. The second-order valence-corrected chi connectivity index (χ2v) is 9.88. The first-order valence-corrected chi connectivity index (χ1v) is 13.2. The van der Waals surface area contributed by atoms with Crippen molar-refractivity contribution in [2.24, 2.45) is 0 Å². The molecule has 0 saturated carbocycles. The van der Waals surface area contributed by atoms with Crippen LogP contribution in [0.2, 0.25) is 5.02 Å². The number of para-hydroxylation sites is 1. The van der Waals surface area contributed by atoms with Gasteiger partial charge in [-0.05, 0) is 48.5 Å². The number of carbonyl (C=O) groups is 1. The van der Waals surface area contributed by atoms with Crippen molar-refractivity contribution in [3.63, 3.8) is 0 Å². The molecule has 0 saturated heterocycles. The van der Waals surface area contributed by atoms with Gasteiger partial charge in [-0.15, -0.1) is 10.2 Å². The number of aliphatic hydroxyl groups is 1. The maximum absolute atomic E-state index is 14.0. The summed E-state index contributed by atoms with van der Waals surface area (Å²) in [6.45, 7) is -1.90. The van der Waals surface area contributed by atoms with E-state index in [0.29, 0.717) is 9.59 Å². The Labute approximate surface area is 250 Å². The number of carbonyl (C=O) groups excluding carboxylic acids is 1. The Morgan fingerprint density at radius 3 is 2.34 bits per heavy atom. The fourth-order valence-corrected chi connectivity index (χ4v) is 4.37. The fraction of sp³-hybridized carbons (Fsp3) is 0.179. The van der Waals surface area contributed by atoms with Crippen LogP contribution in [0.25, 0.3) is 17.1 Å². The number of halogens is 6. The first-order chi connectivity index (χ1) is 20.9. The van der Waals surface area contributed by atoms with Gasteiger partial charge in [-0.25, -0.2) is 27.9 Å². The molecule has 0 aliphatic heterocycles. The van der Waals surface area contributed by atoms with Crippen molar-refractivity contribution in [3.8, 4) is 17.1 Å². The van der Waals surface area contributed by atoms with Crippen LogP contribution in [0.15, 0.2) is 77.9 Å². The highest BCUT2D eigenvalue weighted by atomic mass is 35.5. The third-order valence-corrected chi connectivity index (χ3v) is 6.72. The first-order valence-electron chi connectivity index (χ1n) is 12.8. The summed E-state index contributed by atoms with van der Waals surface area (Å²) >= 11 is 5.91. The zero-order chi connectivity index (χ0) is 31.6. The van der Waals surface area contributed by atoms with E-state index in [1.165, 1.54) is 53.5 Å². The lowest BCUT2D eigenvalue weighted by Crippen LogP contribution is -2.37. The van der Waals surface area contributed by atoms with Crippen molar-refractivity contribution < 1.29 is 31.9 Å². The van der Waals surface area contributed by atoms with Crippen LogP contribution >= 0.6 is 11.6 Å². The van der Waals surface area contributed by atoms with E-state index in [0.717, 1.165) is 16.8 Å². The Bertz CT molecular complexity index is 1850. The van der Waals surface area contributed by atoms with Crippen molar-refractivity contribution in [1.29, 1.82) is 0 Å². The van der Waals surface area contributed by atoms with Crippen LogP contribution in [0, 0.1) is 11.6 Å². The Morgan fingerprint density at radius 1 is 0.977 bits per heavy atom. The van der Waals surface area contributed by atoms with Gasteiger partial charge in [-0.3, -0.25) is 9.36 Å². The van der Waals surface area contributed by atoms with Crippen LogP contribution in [0.1, 0.15) is 21.7 Å². The van der Waals surface area contributed by atoms with Gasteiger partial charge in [0, 0.05) is 22.7 Å². The van der Waals surface area contributed by atoms with E-state index in [-0.39, 0.29) is 40.6 Å². The predicted molar refractivity (Wildman–Crippen MR) is 147 cm³/mol. The predicted octanol–water partition coefficient (Wildman–Crippen LogP) is 4.13. The molecule has 0 aliphatic rings. The molecule has 3 aromatic carbocycles. The van der Waals surface area contributed by atoms with Gasteiger partial charge in [-0.2, -0.15) is 13.2 Å². The van der Waals surface area contributed by atoms with E-state index in [1.54, 1.807) is 12.1 Å². The van der Waals surface area contributed by atoms with Crippen molar-refractivity contribution in [3.05, 3.63) is 117 Å². The molecule has 2 heterocycles. The smallest absolute Gasteiger partial charge is 0.382 e. The Kier molecular flexibility index (Phi) is 8.60. The summed E-state index contributed by atoms with van der Waals surface area (Å²) in [6.07, 6.45) is -6.57. The maximum atomic E-state index is 14.0. The molecular weight excluding hydrogens is 613 g/mol. The standard InChI is InChI=1S/C28H21ClF5N7O3/c29-17-10-8-16(9-11-17)25-38-40(27(44)39(25)13-23(42)28(32,33)34)14-24-36-15-41(37-24)22-7-2-1-4-18(22)26(43)35-12-19-20(30)5-3-6-21(19)31/h1-11,15,23,42H,12-14H2,(H,35,43)/t23-/m0/s1. The van der Waals surface area contributed by atoms with E-state index < -0.39 is 48.6 Å². The Balaban J connectivity index is 1.41. The topological polar surface area (TPSA) is 120 Å². The first kappa shape index (κ1) is 30.6. The monoisotopic (exact) mass is 633 g/mol. The highest BCUT2D eigenvalue weighted by molar-refractivity contribution is 6.30. The number of amides is 1. The second kappa shape index (κ2) is 12.4. The zero-order valence-corrected chi connectivity index (χ0v) is 23.1. The highest BCUT2D eigenvalue weighted by Crippen LogP contribution is 2.24. The maximum Gasteiger partial charge on any atom is 0.416 e. The molecule has 44 heavy (non-hydrogen) atoms. The number of nitrogens with zero attached hydrogens (tertiary/aromatic N) is 6. The minimum Gasteiger partial charge on any atom is -0.382 e. The molecule has 1 amide bonds. The van der Waals surface area contributed by atoms with Crippen molar-refractivity contribution in [2.75, 3.05) is 0 Å². The van der Waals surface area contributed by atoms with Gasteiger partial charge in [0.1, 0.15) is 24.5 Å². The Hall–Kier alpha value is -4.89. The summed E-state index contributed by atoms with van der Waals surface area (Å²) in [7, 11) is 0. The van der Waals surface area contributed by atoms with E-state index in [4.69, 9.17) is 11.6 Å². The summed E-state index contributed by atoms with van der Waals surface area (Å²) in [5.74, 6) is -2.43. The minimum absolute atomic E-state index is 0.0133. The number of alkyl halides is 3.